The predicted molar refractivity (Wildman–Crippen MR) is 83.0 cm³/mol. The van der Waals surface area contributed by atoms with Crippen LogP contribution in [0.1, 0.15) is 0 Å². The molecule has 0 radical (unpaired) electrons. The number of aromatic nitrogens is 1. The van der Waals surface area contributed by atoms with Crippen LogP contribution in [0.15, 0.2) is 45.6 Å². The van der Waals surface area contributed by atoms with Crippen LogP contribution in [0.2, 0.25) is 0 Å². The van der Waals surface area contributed by atoms with Crippen LogP contribution in [0, 0.1) is 0 Å². The molecule has 0 saturated heterocycles. The van der Waals surface area contributed by atoms with E-state index in [0.717, 1.165) is 25.7 Å². The minimum Gasteiger partial charge on any atom is -0.398 e. The van der Waals surface area contributed by atoms with Crippen molar-refractivity contribution in [3.8, 4) is 21.1 Å². The van der Waals surface area contributed by atoms with Crippen LogP contribution in [0.25, 0.3) is 21.1 Å². The van der Waals surface area contributed by atoms with Crippen molar-refractivity contribution in [1.82, 2.24) is 4.98 Å². The first-order valence-corrected chi connectivity index (χ1v) is 7.79. The summed E-state index contributed by atoms with van der Waals surface area (Å²) in [6.07, 6.45) is 0. The fourth-order valence-electron chi connectivity index (χ4n) is 1.67. The zero-order valence-electron chi connectivity index (χ0n) is 9.26. The van der Waals surface area contributed by atoms with Crippen LogP contribution < -0.4 is 5.73 Å². The summed E-state index contributed by atoms with van der Waals surface area (Å²) in [6, 6.07) is 11.9. The number of para-hydroxylation sites is 1. The molecule has 0 aliphatic carbocycles. The van der Waals surface area contributed by atoms with E-state index in [0.29, 0.717) is 0 Å². The first-order valence-electron chi connectivity index (χ1n) is 5.30. The molecule has 3 rings (SSSR count). The van der Waals surface area contributed by atoms with Crippen LogP contribution in [0.3, 0.4) is 0 Å². The molecule has 0 saturated carbocycles. The second-order valence-corrected chi connectivity index (χ2v) is 7.05. The predicted octanol–water partition coefficient (Wildman–Crippen LogP) is 4.88. The minimum atomic E-state index is 0.765. The molecular weight excluding hydrogens is 328 g/mol. The maximum absolute atomic E-state index is 5.96. The zero-order chi connectivity index (χ0) is 12.5. The smallest absolute Gasteiger partial charge is 0.134 e. The molecule has 1 aromatic carbocycles. The highest BCUT2D eigenvalue weighted by atomic mass is 79.9. The van der Waals surface area contributed by atoms with Crippen molar-refractivity contribution in [2.75, 3.05) is 5.73 Å². The van der Waals surface area contributed by atoms with Crippen LogP contribution >= 0.6 is 38.6 Å². The number of nitrogens with two attached hydrogens (primary N) is 1. The summed E-state index contributed by atoms with van der Waals surface area (Å²) in [5.74, 6) is 0. The van der Waals surface area contributed by atoms with Crippen molar-refractivity contribution in [3.63, 3.8) is 0 Å². The monoisotopic (exact) mass is 336 g/mol. The van der Waals surface area contributed by atoms with E-state index in [1.54, 1.807) is 22.7 Å². The summed E-state index contributed by atoms with van der Waals surface area (Å²) in [5.41, 5.74) is 8.67. The summed E-state index contributed by atoms with van der Waals surface area (Å²) in [6.45, 7) is 0. The Morgan fingerprint density at radius 2 is 1.94 bits per heavy atom. The van der Waals surface area contributed by atoms with E-state index < -0.39 is 0 Å². The van der Waals surface area contributed by atoms with Crippen LogP contribution in [-0.4, -0.2) is 4.98 Å². The number of hydrogen-bond acceptors (Lipinski definition) is 4. The Balaban J connectivity index is 2.02. The lowest BCUT2D eigenvalue weighted by molar-refractivity contribution is 1.42. The van der Waals surface area contributed by atoms with Gasteiger partial charge in [-0.15, -0.1) is 22.7 Å². The largest absolute Gasteiger partial charge is 0.398 e. The summed E-state index contributed by atoms with van der Waals surface area (Å²) in [5, 5.41) is 3.08. The molecule has 0 amide bonds. The van der Waals surface area contributed by atoms with Gasteiger partial charge in [0.25, 0.3) is 0 Å². The fourth-order valence-corrected chi connectivity index (χ4v) is 3.95. The van der Waals surface area contributed by atoms with Gasteiger partial charge in [-0.2, -0.15) is 0 Å². The van der Waals surface area contributed by atoms with Gasteiger partial charge in [0.15, 0.2) is 0 Å². The highest BCUT2D eigenvalue weighted by Crippen LogP contribution is 2.36. The molecule has 0 aliphatic rings. The Morgan fingerprint density at radius 3 is 2.67 bits per heavy atom. The third-order valence-electron chi connectivity index (χ3n) is 2.52. The first-order chi connectivity index (χ1) is 8.74. The van der Waals surface area contributed by atoms with Crippen molar-refractivity contribution in [2.24, 2.45) is 0 Å². The van der Waals surface area contributed by atoms with Gasteiger partial charge in [-0.25, -0.2) is 4.98 Å². The molecule has 2 nitrogen and oxygen atoms in total. The van der Waals surface area contributed by atoms with Gasteiger partial charge in [-0.1, -0.05) is 18.2 Å². The second-order valence-electron chi connectivity index (χ2n) is 3.73. The van der Waals surface area contributed by atoms with E-state index in [4.69, 9.17) is 5.73 Å². The van der Waals surface area contributed by atoms with Crippen LogP contribution in [-0.2, 0) is 0 Å². The van der Waals surface area contributed by atoms with Crippen LogP contribution in [0.5, 0.6) is 0 Å². The molecule has 0 spiro atoms. The number of rotatable bonds is 2. The molecular formula is C13H9BrN2S2. The van der Waals surface area contributed by atoms with Gasteiger partial charge in [0, 0.05) is 16.6 Å². The van der Waals surface area contributed by atoms with Gasteiger partial charge in [-0.05, 0) is 34.1 Å². The number of nitrogen functional groups attached to an aromatic ring is 1. The average molecular weight is 337 g/mol. The fraction of sp³-hybridized carbons (Fsp3) is 0. The lowest BCUT2D eigenvalue weighted by atomic mass is 10.1. The quantitative estimate of drug-likeness (QED) is 0.677. The summed E-state index contributed by atoms with van der Waals surface area (Å²) >= 11 is 6.80. The molecule has 0 bridgehead atoms. The van der Waals surface area contributed by atoms with Crippen molar-refractivity contribution < 1.29 is 0 Å². The number of thiophene rings is 1. The maximum atomic E-state index is 5.96. The van der Waals surface area contributed by atoms with Crippen molar-refractivity contribution in [2.45, 2.75) is 0 Å². The molecule has 18 heavy (non-hydrogen) atoms. The Hall–Kier alpha value is -1.17. The average Bonchev–Trinajstić information content (AvgIpc) is 2.98. The number of hydrogen-bond donors (Lipinski definition) is 1. The van der Waals surface area contributed by atoms with Gasteiger partial charge in [0.05, 0.1) is 14.4 Å². The molecule has 90 valence electrons. The molecule has 3 aromatic rings. The van der Waals surface area contributed by atoms with Crippen molar-refractivity contribution in [3.05, 3.63) is 45.6 Å². The zero-order valence-corrected chi connectivity index (χ0v) is 12.5. The van der Waals surface area contributed by atoms with E-state index in [1.807, 2.05) is 30.3 Å². The van der Waals surface area contributed by atoms with E-state index in [9.17, 15) is 0 Å². The second kappa shape index (κ2) is 4.84. The third-order valence-corrected chi connectivity index (χ3v) is 5.16. The van der Waals surface area contributed by atoms with Crippen molar-refractivity contribution in [1.29, 1.82) is 0 Å². The number of nitrogens with zero attached hydrogens (tertiary/aromatic N) is 1. The molecule has 2 heterocycles. The molecule has 2 aromatic heterocycles. The molecule has 5 heteroatoms. The van der Waals surface area contributed by atoms with Gasteiger partial charge in [-0.3, -0.25) is 0 Å². The minimum absolute atomic E-state index is 0.765. The number of halogens is 1. The summed E-state index contributed by atoms with van der Waals surface area (Å²) < 4.78 is 1.12. The van der Waals surface area contributed by atoms with Gasteiger partial charge in [0.2, 0.25) is 0 Å². The topological polar surface area (TPSA) is 38.9 Å². The highest BCUT2D eigenvalue weighted by molar-refractivity contribution is 9.11. The molecule has 0 unspecified atom stereocenters. The van der Waals surface area contributed by atoms with Crippen molar-refractivity contribution >= 4 is 44.3 Å². The molecule has 0 atom stereocenters. The van der Waals surface area contributed by atoms with E-state index in [1.165, 1.54) is 4.88 Å². The Labute approximate surface area is 121 Å². The first kappa shape index (κ1) is 11.9. The summed E-state index contributed by atoms with van der Waals surface area (Å²) in [4.78, 5) is 5.83. The lowest BCUT2D eigenvalue weighted by Crippen LogP contribution is -1.88. The molecule has 0 fully saturated rings. The van der Waals surface area contributed by atoms with Gasteiger partial charge >= 0.3 is 0 Å². The number of anilines is 1. The van der Waals surface area contributed by atoms with E-state index in [2.05, 4.69) is 32.4 Å². The highest BCUT2D eigenvalue weighted by Gasteiger charge is 2.10. The van der Waals surface area contributed by atoms with Gasteiger partial charge in [0.1, 0.15) is 5.01 Å². The Morgan fingerprint density at radius 1 is 1.11 bits per heavy atom. The normalized spacial score (nSPS) is 10.7. The lowest BCUT2D eigenvalue weighted by Gasteiger charge is -2.00. The van der Waals surface area contributed by atoms with Gasteiger partial charge < -0.3 is 5.73 Å². The molecule has 2 N–H and O–H groups in total. The number of thiazole rings is 1. The Bertz CT molecular complexity index is 688. The van der Waals surface area contributed by atoms with E-state index >= 15 is 0 Å². The third kappa shape index (κ3) is 2.21. The SMILES string of the molecule is Nc1ccccc1-c1csc(-c2ccc(Br)s2)n1. The van der Waals surface area contributed by atoms with E-state index in [-0.39, 0.29) is 0 Å². The Kier molecular flexibility index (Phi) is 3.20. The summed E-state index contributed by atoms with van der Waals surface area (Å²) in [7, 11) is 0. The molecule has 0 aliphatic heterocycles. The van der Waals surface area contributed by atoms with Crippen LogP contribution in [0.4, 0.5) is 5.69 Å². The maximum Gasteiger partial charge on any atom is 0.134 e. The standard InChI is InChI=1S/C13H9BrN2S2/c14-12-6-5-11(18-12)13-16-10(7-17-13)8-3-1-2-4-9(8)15/h1-7H,15H2. The number of benzene rings is 1.